The Morgan fingerprint density at radius 1 is 1.48 bits per heavy atom. The van der Waals surface area contributed by atoms with E-state index in [9.17, 15) is 9.59 Å². The van der Waals surface area contributed by atoms with Crippen LogP contribution in [0.1, 0.15) is 35.2 Å². The number of ether oxygens (including phenoxy) is 1. The first kappa shape index (κ1) is 15.2. The Morgan fingerprint density at radius 2 is 2.29 bits per heavy atom. The van der Waals surface area contributed by atoms with Crippen LogP contribution in [0.15, 0.2) is 24.5 Å². The maximum absolute atomic E-state index is 12.3. The summed E-state index contributed by atoms with van der Waals surface area (Å²) >= 11 is 0. The van der Waals surface area contributed by atoms with Gasteiger partial charge in [0.1, 0.15) is 0 Å². The highest BCUT2D eigenvalue weighted by Crippen LogP contribution is 2.22. The lowest BCUT2D eigenvalue weighted by Gasteiger charge is -2.14. The minimum absolute atomic E-state index is 0.0897. The standard InChI is InChI=1S/C15H18N2O4/c1-21-12-4-3-11(8-12)17-15(20)13-6-7-16-9-10(13)2-5-14(18)19/h2,5-7,9,11-12H,3-4,8H2,1H3,(H,17,20)(H,18,19)/b5-2+. The van der Waals surface area contributed by atoms with Crippen LogP contribution >= 0.6 is 0 Å². The lowest BCUT2D eigenvalue weighted by atomic mass is 10.1. The third kappa shape index (κ3) is 4.13. The number of amides is 1. The van der Waals surface area contributed by atoms with Gasteiger partial charge < -0.3 is 15.2 Å². The molecule has 0 spiro atoms. The van der Waals surface area contributed by atoms with E-state index >= 15 is 0 Å². The van der Waals surface area contributed by atoms with Crippen LogP contribution in [0.3, 0.4) is 0 Å². The molecule has 2 atom stereocenters. The summed E-state index contributed by atoms with van der Waals surface area (Å²) in [5, 5.41) is 11.6. The molecule has 1 fully saturated rings. The van der Waals surface area contributed by atoms with Crippen molar-refractivity contribution in [2.24, 2.45) is 0 Å². The number of hydrogen-bond acceptors (Lipinski definition) is 4. The van der Waals surface area contributed by atoms with Crippen LogP contribution in [0, 0.1) is 0 Å². The van der Waals surface area contributed by atoms with Crippen molar-refractivity contribution in [2.45, 2.75) is 31.4 Å². The number of carboxylic acid groups (broad SMARTS) is 1. The maximum atomic E-state index is 12.3. The van der Waals surface area contributed by atoms with Gasteiger partial charge in [-0.2, -0.15) is 0 Å². The van der Waals surface area contributed by atoms with Crippen molar-refractivity contribution in [3.05, 3.63) is 35.7 Å². The highest BCUT2D eigenvalue weighted by molar-refractivity contribution is 5.98. The van der Waals surface area contributed by atoms with Crippen LogP contribution in [-0.2, 0) is 9.53 Å². The van der Waals surface area contributed by atoms with E-state index in [1.807, 2.05) is 0 Å². The van der Waals surface area contributed by atoms with Gasteiger partial charge in [0.15, 0.2) is 0 Å². The zero-order chi connectivity index (χ0) is 15.2. The first-order valence-electron chi connectivity index (χ1n) is 6.79. The minimum atomic E-state index is -1.07. The topological polar surface area (TPSA) is 88.5 Å². The van der Waals surface area contributed by atoms with E-state index in [1.54, 1.807) is 13.2 Å². The number of hydrogen-bond donors (Lipinski definition) is 2. The van der Waals surface area contributed by atoms with E-state index in [2.05, 4.69) is 10.3 Å². The number of carboxylic acids is 1. The van der Waals surface area contributed by atoms with E-state index < -0.39 is 5.97 Å². The molecule has 2 rings (SSSR count). The Balaban J connectivity index is 2.07. The minimum Gasteiger partial charge on any atom is -0.478 e. The Morgan fingerprint density at radius 3 is 2.95 bits per heavy atom. The van der Waals surface area contributed by atoms with Crippen molar-refractivity contribution < 1.29 is 19.4 Å². The fourth-order valence-corrected chi connectivity index (χ4v) is 2.46. The molecule has 1 amide bonds. The van der Waals surface area contributed by atoms with Crippen molar-refractivity contribution in [3.63, 3.8) is 0 Å². The molecule has 6 heteroatoms. The second-order valence-corrected chi connectivity index (χ2v) is 4.98. The van der Waals surface area contributed by atoms with Crippen molar-refractivity contribution in [1.29, 1.82) is 0 Å². The van der Waals surface area contributed by atoms with Gasteiger partial charge in [0.05, 0.1) is 6.10 Å². The molecule has 0 bridgehead atoms. The molecule has 21 heavy (non-hydrogen) atoms. The molecule has 1 aromatic rings. The molecule has 1 aromatic heterocycles. The molecule has 1 aliphatic rings. The van der Waals surface area contributed by atoms with E-state index in [1.165, 1.54) is 18.5 Å². The van der Waals surface area contributed by atoms with Crippen LogP contribution < -0.4 is 5.32 Å². The van der Waals surface area contributed by atoms with Crippen LogP contribution in [0.25, 0.3) is 6.08 Å². The van der Waals surface area contributed by atoms with Crippen LogP contribution in [0.4, 0.5) is 0 Å². The summed E-state index contributed by atoms with van der Waals surface area (Å²) in [6.45, 7) is 0. The monoisotopic (exact) mass is 290 g/mol. The van der Waals surface area contributed by atoms with Gasteiger partial charge in [0.25, 0.3) is 5.91 Å². The number of aliphatic carboxylic acids is 1. The number of rotatable bonds is 5. The summed E-state index contributed by atoms with van der Waals surface area (Å²) in [5.74, 6) is -1.28. The number of aromatic nitrogens is 1. The third-order valence-corrected chi connectivity index (χ3v) is 3.56. The van der Waals surface area contributed by atoms with Gasteiger partial charge in [-0.05, 0) is 31.4 Å². The molecule has 2 N–H and O–H groups in total. The lowest BCUT2D eigenvalue weighted by Crippen LogP contribution is -2.33. The Bertz CT molecular complexity index is 556. The highest BCUT2D eigenvalue weighted by Gasteiger charge is 2.26. The molecular formula is C15H18N2O4. The van der Waals surface area contributed by atoms with Crippen LogP contribution in [-0.4, -0.2) is 41.2 Å². The summed E-state index contributed by atoms with van der Waals surface area (Å²) in [4.78, 5) is 26.8. The maximum Gasteiger partial charge on any atom is 0.328 e. The van der Waals surface area contributed by atoms with Gasteiger partial charge >= 0.3 is 5.97 Å². The molecular weight excluding hydrogens is 272 g/mol. The summed E-state index contributed by atoms with van der Waals surface area (Å²) in [6.07, 6.45) is 8.16. The number of nitrogens with zero attached hydrogens (tertiary/aromatic N) is 1. The zero-order valence-corrected chi connectivity index (χ0v) is 11.8. The Hall–Kier alpha value is -2.21. The van der Waals surface area contributed by atoms with E-state index in [0.29, 0.717) is 11.1 Å². The molecule has 1 aliphatic carbocycles. The van der Waals surface area contributed by atoms with Gasteiger partial charge in [-0.15, -0.1) is 0 Å². The largest absolute Gasteiger partial charge is 0.478 e. The number of carbonyl (C=O) groups is 2. The third-order valence-electron chi connectivity index (χ3n) is 3.56. The molecule has 0 aliphatic heterocycles. The van der Waals surface area contributed by atoms with Gasteiger partial charge in [-0.3, -0.25) is 9.78 Å². The lowest BCUT2D eigenvalue weighted by molar-refractivity contribution is -0.131. The average Bonchev–Trinajstić information content (AvgIpc) is 2.93. The number of pyridine rings is 1. The fourth-order valence-electron chi connectivity index (χ4n) is 2.46. The van der Waals surface area contributed by atoms with Gasteiger partial charge in [0, 0.05) is 42.7 Å². The predicted octanol–water partition coefficient (Wildman–Crippen LogP) is 1.48. The quantitative estimate of drug-likeness (QED) is 0.802. The molecule has 1 heterocycles. The van der Waals surface area contributed by atoms with Crippen LogP contribution in [0.5, 0.6) is 0 Å². The van der Waals surface area contributed by atoms with E-state index in [4.69, 9.17) is 9.84 Å². The van der Waals surface area contributed by atoms with E-state index in [-0.39, 0.29) is 18.1 Å². The molecule has 2 unspecified atom stereocenters. The second-order valence-electron chi connectivity index (χ2n) is 4.98. The first-order chi connectivity index (χ1) is 10.1. The SMILES string of the molecule is COC1CCC(NC(=O)c2ccncc2/C=C/C(=O)O)C1. The zero-order valence-electron chi connectivity index (χ0n) is 11.8. The van der Waals surface area contributed by atoms with Crippen molar-refractivity contribution in [3.8, 4) is 0 Å². The Labute approximate surface area is 122 Å². The molecule has 6 nitrogen and oxygen atoms in total. The predicted molar refractivity (Wildman–Crippen MR) is 76.8 cm³/mol. The summed E-state index contributed by atoms with van der Waals surface area (Å²) in [7, 11) is 1.67. The van der Waals surface area contributed by atoms with Gasteiger partial charge in [0.2, 0.25) is 0 Å². The smallest absolute Gasteiger partial charge is 0.328 e. The summed E-state index contributed by atoms with van der Waals surface area (Å²) in [5.41, 5.74) is 0.905. The van der Waals surface area contributed by atoms with Gasteiger partial charge in [-0.1, -0.05) is 0 Å². The number of carbonyl (C=O) groups excluding carboxylic acids is 1. The van der Waals surface area contributed by atoms with E-state index in [0.717, 1.165) is 25.3 Å². The Kier molecular flexibility index (Phi) is 5.05. The highest BCUT2D eigenvalue weighted by atomic mass is 16.5. The van der Waals surface area contributed by atoms with Crippen LogP contribution in [0.2, 0.25) is 0 Å². The van der Waals surface area contributed by atoms with Crippen molar-refractivity contribution in [2.75, 3.05) is 7.11 Å². The summed E-state index contributed by atoms with van der Waals surface area (Å²) in [6, 6.07) is 1.67. The molecule has 0 aromatic carbocycles. The average molecular weight is 290 g/mol. The van der Waals surface area contributed by atoms with Gasteiger partial charge in [-0.25, -0.2) is 4.79 Å². The summed E-state index contributed by atoms with van der Waals surface area (Å²) < 4.78 is 5.28. The number of nitrogens with one attached hydrogen (secondary N) is 1. The first-order valence-corrected chi connectivity index (χ1v) is 6.79. The van der Waals surface area contributed by atoms with Crippen molar-refractivity contribution in [1.82, 2.24) is 10.3 Å². The molecule has 112 valence electrons. The molecule has 0 radical (unpaired) electrons. The fraction of sp³-hybridized carbons (Fsp3) is 0.400. The normalized spacial score (nSPS) is 21.6. The second kappa shape index (κ2) is 6.99. The number of methoxy groups -OCH3 is 1. The molecule has 0 saturated heterocycles. The molecule has 1 saturated carbocycles. The van der Waals surface area contributed by atoms with Crippen molar-refractivity contribution >= 4 is 18.0 Å².